The molecular formula is C22H29BrO5. The fraction of sp³-hybridized carbons (Fsp3) is 0.591. The predicted molar refractivity (Wildman–Crippen MR) is 111 cm³/mol. The number of unbranched alkanes of at least 4 members (excludes halogenated alkanes) is 2. The van der Waals surface area contributed by atoms with Crippen LogP contribution in [-0.4, -0.2) is 39.6 Å². The number of fused-ring (bicyclic) bond motifs is 3. The molecule has 0 aromatic heterocycles. The highest BCUT2D eigenvalue weighted by atomic mass is 79.9. The van der Waals surface area contributed by atoms with Crippen molar-refractivity contribution in [1.29, 1.82) is 0 Å². The first kappa shape index (κ1) is 21.3. The number of halogens is 1. The molecule has 0 saturated heterocycles. The zero-order chi connectivity index (χ0) is 20.3. The van der Waals surface area contributed by atoms with E-state index in [2.05, 4.69) is 22.9 Å². The van der Waals surface area contributed by atoms with Gasteiger partial charge in [0.1, 0.15) is 11.9 Å². The Labute approximate surface area is 174 Å². The average Bonchev–Trinajstić information content (AvgIpc) is 3.16. The Hall–Kier alpha value is -1.37. The monoisotopic (exact) mass is 452 g/mol. The molecule has 3 N–H and O–H groups in total. The van der Waals surface area contributed by atoms with Gasteiger partial charge in [-0.15, -0.1) is 0 Å². The molecule has 3 rings (SSSR count). The third-order valence-corrected chi connectivity index (χ3v) is 6.64. The number of carboxylic acid groups (broad SMARTS) is 1. The molecular weight excluding hydrogens is 424 g/mol. The molecule has 1 saturated carbocycles. The molecule has 0 bridgehead atoms. The smallest absolute Gasteiger partial charge is 0.303 e. The molecule has 1 heterocycles. The molecule has 1 aliphatic carbocycles. The highest BCUT2D eigenvalue weighted by Crippen LogP contribution is 2.52. The number of aliphatic hydroxyl groups excluding tert-OH is 2. The molecule has 28 heavy (non-hydrogen) atoms. The van der Waals surface area contributed by atoms with Gasteiger partial charge in [-0.1, -0.05) is 66.4 Å². The van der Waals surface area contributed by atoms with E-state index >= 15 is 0 Å². The van der Waals surface area contributed by atoms with Crippen LogP contribution in [0.5, 0.6) is 5.75 Å². The van der Waals surface area contributed by atoms with Crippen LogP contribution in [0.2, 0.25) is 0 Å². The van der Waals surface area contributed by atoms with Crippen LogP contribution in [0.4, 0.5) is 0 Å². The maximum atomic E-state index is 10.9. The maximum Gasteiger partial charge on any atom is 0.303 e. The second-order valence-electron chi connectivity index (χ2n) is 7.85. The summed E-state index contributed by atoms with van der Waals surface area (Å²) >= 11 is 3.52. The molecule has 1 aliphatic heterocycles. The molecule has 1 aromatic carbocycles. The summed E-state index contributed by atoms with van der Waals surface area (Å²) in [7, 11) is 0. The van der Waals surface area contributed by atoms with Crippen LogP contribution in [0.3, 0.4) is 0 Å². The quantitative estimate of drug-likeness (QED) is 0.489. The Balaban J connectivity index is 1.79. The fourth-order valence-electron chi connectivity index (χ4n) is 4.39. The molecule has 1 aromatic rings. The van der Waals surface area contributed by atoms with Crippen molar-refractivity contribution in [3.63, 3.8) is 0 Å². The summed E-state index contributed by atoms with van der Waals surface area (Å²) in [4.78, 5) is 10.9. The lowest BCUT2D eigenvalue weighted by Gasteiger charge is -2.19. The Bertz CT molecular complexity index is 732. The summed E-state index contributed by atoms with van der Waals surface area (Å²) in [6.45, 7) is 2.13. The van der Waals surface area contributed by atoms with Gasteiger partial charge in [-0.05, 0) is 18.4 Å². The average molecular weight is 453 g/mol. The topological polar surface area (TPSA) is 87.0 Å². The second-order valence-corrected chi connectivity index (χ2v) is 8.77. The minimum atomic E-state index is -0.826. The van der Waals surface area contributed by atoms with Gasteiger partial charge >= 0.3 is 5.97 Å². The third kappa shape index (κ3) is 4.61. The Morgan fingerprint density at radius 3 is 2.89 bits per heavy atom. The first-order valence-corrected chi connectivity index (χ1v) is 10.9. The molecule has 5 atom stereocenters. The summed E-state index contributed by atoms with van der Waals surface area (Å²) in [6.07, 6.45) is 5.66. The van der Waals surface area contributed by atoms with Gasteiger partial charge in [0.25, 0.3) is 0 Å². The van der Waals surface area contributed by atoms with Crippen LogP contribution in [-0.2, 0) is 11.2 Å². The molecule has 2 aliphatic rings. The number of carbonyl (C=O) groups is 1. The van der Waals surface area contributed by atoms with Crippen LogP contribution in [0.25, 0.3) is 0 Å². The molecule has 0 spiro atoms. The molecule has 154 valence electrons. The van der Waals surface area contributed by atoms with E-state index in [9.17, 15) is 15.0 Å². The Morgan fingerprint density at radius 1 is 1.39 bits per heavy atom. The zero-order valence-electron chi connectivity index (χ0n) is 16.2. The van der Waals surface area contributed by atoms with Crippen molar-refractivity contribution in [1.82, 2.24) is 0 Å². The van der Waals surface area contributed by atoms with Gasteiger partial charge in [-0.25, -0.2) is 0 Å². The van der Waals surface area contributed by atoms with E-state index in [0.29, 0.717) is 19.3 Å². The largest absolute Gasteiger partial charge is 0.489 e. The van der Waals surface area contributed by atoms with Gasteiger partial charge in [0.05, 0.1) is 12.2 Å². The lowest BCUT2D eigenvalue weighted by atomic mass is 9.86. The van der Waals surface area contributed by atoms with E-state index in [0.717, 1.165) is 40.6 Å². The number of hydrogen-bond acceptors (Lipinski definition) is 4. The Morgan fingerprint density at radius 2 is 2.18 bits per heavy atom. The number of aliphatic hydroxyl groups is 2. The zero-order valence-corrected chi connectivity index (χ0v) is 17.8. The highest BCUT2D eigenvalue weighted by Gasteiger charge is 2.49. The number of hydrogen-bond donors (Lipinski definition) is 3. The lowest BCUT2D eigenvalue weighted by Crippen LogP contribution is -2.18. The van der Waals surface area contributed by atoms with E-state index in [1.807, 2.05) is 24.3 Å². The number of ether oxygens (including phenoxy) is 1. The predicted octanol–water partition coefficient (Wildman–Crippen LogP) is 4.15. The highest BCUT2D eigenvalue weighted by molar-refractivity contribution is 9.11. The van der Waals surface area contributed by atoms with E-state index in [4.69, 9.17) is 9.84 Å². The van der Waals surface area contributed by atoms with Crippen LogP contribution < -0.4 is 4.74 Å². The SMILES string of the molecule is CCCCC[C@@H](O)C(Br)=C[C@@H]1[C@H]2c3cccc(CCC(=O)O)c3O[C@H]2C[C@H]1O. The summed E-state index contributed by atoms with van der Waals surface area (Å²) < 4.78 is 6.88. The molecule has 5 nitrogen and oxygen atoms in total. The van der Waals surface area contributed by atoms with Crippen molar-refractivity contribution < 1.29 is 24.9 Å². The van der Waals surface area contributed by atoms with E-state index in [-0.39, 0.29) is 24.4 Å². The normalized spacial score (nSPS) is 27.2. The summed E-state index contributed by atoms with van der Waals surface area (Å²) in [5.74, 6) is -0.168. The first-order valence-electron chi connectivity index (χ1n) is 10.2. The molecule has 6 heteroatoms. The second kappa shape index (κ2) is 9.42. The van der Waals surface area contributed by atoms with Gasteiger partial charge in [0, 0.05) is 34.7 Å². The molecule has 0 radical (unpaired) electrons. The third-order valence-electron chi connectivity index (χ3n) is 5.85. The van der Waals surface area contributed by atoms with Crippen molar-refractivity contribution in [2.24, 2.45) is 5.92 Å². The van der Waals surface area contributed by atoms with Gasteiger partial charge in [0.15, 0.2) is 0 Å². The maximum absolute atomic E-state index is 10.9. The van der Waals surface area contributed by atoms with Crippen LogP contribution in [0.15, 0.2) is 28.8 Å². The van der Waals surface area contributed by atoms with Crippen molar-refractivity contribution in [2.45, 2.75) is 76.1 Å². The summed E-state index contributed by atoms with van der Waals surface area (Å²) in [5, 5.41) is 30.0. The minimum absolute atomic E-state index is 0.0187. The molecule has 1 fully saturated rings. The van der Waals surface area contributed by atoms with Crippen molar-refractivity contribution in [3.05, 3.63) is 39.9 Å². The Kier molecular flexibility index (Phi) is 7.18. The van der Waals surface area contributed by atoms with E-state index in [1.165, 1.54) is 0 Å². The standard InChI is InChI=1S/C22H29BrO5/c1-2-3-4-8-17(24)16(23)11-15-18(25)12-19-21(15)14-7-5-6-13(22(14)28-19)9-10-20(26)27/h5-7,11,15,17-19,21,24-25H,2-4,8-10,12H2,1H3,(H,26,27)/t15-,17+,18+,19-,21+/m0/s1. The number of carboxylic acids is 1. The van der Waals surface area contributed by atoms with Crippen molar-refractivity contribution in [3.8, 4) is 5.75 Å². The number of aryl methyl sites for hydroxylation is 1. The summed E-state index contributed by atoms with van der Waals surface area (Å²) in [6, 6.07) is 5.86. The first-order chi connectivity index (χ1) is 13.4. The van der Waals surface area contributed by atoms with E-state index < -0.39 is 18.2 Å². The molecule has 0 amide bonds. The fourth-order valence-corrected chi connectivity index (χ4v) is 4.93. The summed E-state index contributed by atoms with van der Waals surface area (Å²) in [5.41, 5.74) is 1.94. The number of para-hydroxylation sites is 1. The van der Waals surface area contributed by atoms with Crippen LogP contribution >= 0.6 is 15.9 Å². The van der Waals surface area contributed by atoms with Gasteiger partial charge < -0.3 is 20.1 Å². The number of aliphatic carboxylic acids is 1. The number of benzene rings is 1. The molecule has 0 unspecified atom stereocenters. The van der Waals surface area contributed by atoms with Gasteiger partial charge in [0.2, 0.25) is 0 Å². The van der Waals surface area contributed by atoms with Gasteiger partial charge in [-0.3, -0.25) is 4.79 Å². The van der Waals surface area contributed by atoms with Crippen molar-refractivity contribution in [2.75, 3.05) is 0 Å². The number of rotatable bonds is 9. The van der Waals surface area contributed by atoms with Crippen molar-refractivity contribution >= 4 is 21.9 Å². The minimum Gasteiger partial charge on any atom is -0.489 e. The van der Waals surface area contributed by atoms with Gasteiger partial charge in [-0.2, -0.15) is 0 Å². The van der Waals surface area contributed by atoms with Crippen LogP contribution in [0, 0.1) is 5.92 Å². The van der Waals surface area contributed by atoms with E-state index in [1.54, 1.807) is 0 Å². The lowest BCUT2D eigenvalue weighted by molar-refractivity contribution is -0.136. The van der Waals surface area contributed by atoms with Crippen LogP contribution in [0.1, 0.15) is 62.5 Å².